The Morgan fingerprint density at radius 1 is 0.508 bits per heavy atom. The number of amides is 1. The van der Waals surface area contributed by atoms with Gasteiger partial charge in [0, 0.05) is 6.42 Å². The van der Waals surface area contributed by atoms with Crippen molar-refractivity contribution in [2.75, 3.05) is 6.61 Å². The first-order valence-electron chi connectivity index (χ1n) is 24.7. The van der Waals surface area contributed by atoms with Gasteiger partial charge in [-0.15, -0.1) is 0 Å². The van der Waals surface area contributed by atoms with Crippen molar-refractivity contribution in [3.63, 3.8) is 0 Å². The monoisotopic (exact) mass is 824 g/mol. The molecule has 0 aliphatic carbocycles. The van der Waals surface area contributed by atoms with Crippen LogP contribution < -0.4 is 5.32 Å². The van der Waals surface area contributed by atoms with Crippen molar-refractivity contribution in [1.29, 1.82) is 0 Å². The van der Waals surface area contributed by atoms with Gasteiger partial charge in [-0.25, -0.2) is 0 Å². The summed E-state index contributed by atoms with van der Waals surface area (Å²) in [6, 6.07) is -0.720. The summed E-state index contributed by atoms with van der Waals surface area (Å²) in [5, 5.41) is 23.7. The number of aliphatic hydroxyl groups excluding tert-OH is 2. The highest BCUT2D eigenvalue weighted by atomic mass is 16.5. The lowest BCUT2D eigenvalue weighted by molar-refractivity contribution is -0.151. The molecule has 6 nitrogen and oxygen atoms in total. The summed E-state index contributed by atoms with van der Waals surface area (Å²) in [6.07, 6.45) is 58.1. The first kappa shape index (κ1) is 56.3. The zero-order valence-corrected chi connectivity index (χ0v) is 38.6. The van der Waals surface area contributed by atoms with Crippen LogP contribution in [0.2, 0.25) is 0 Å². The van der Waals surface area contributed by atoms with Gasteiger partial charge in [-0.1, -0.05) is 190 Å². The Bertz CT molecular complexity index is 1110. The lowest BCUT2D eigenvalue weighted by Crippen LogP contribution is -2.46. The van der Waals surface area contributed by atoms with Gasteiger partial charge in [0.15, 0.2) is 0 Å². The Morgan fingerprint density at radius 2 is 0.915 bits per heavy atom. The Balaban J connectivity index is 4.72. The number of hydrogen-bond donors (Lipinski definition) is 3. The first-order valence-corrected chi connectivity index (χ1v) is 24.7. The average molecular weight is 824 g/mol. The molecule has 0 fully saturated rings. The average Bonchev–Trinajstić information content (AvgIpc) is 3.23. The number of aliphatic hydroxyl groups is 2. The molecule has 0 aromatic heterocycles. The lowest BCUT2D eigenvalue weighted by atomic mass is 10.0. The summed E-state index contributed by atoms with van der Waals surface area (Å²) in [5.41, 5.74) is 0. The fourth-order valence-corrected chi connectivity index (χ4v) is 7.04. The molecule has 0 aliphatic rings. The molecule has 59 heavy (non-hydrogen) atoms. The van der Waals surface area contributed by atoms with Gasteiger partial charge < -0.3 is 20.3 Å². The summed E-state index contributed by atoms with van der Waals surface area (Å²) in [7, 11) is 0. The van der Waals surface area contributed by atoms with Crippen LogP contribution >= 0.6 is 0 Å². The zero-order chi connectivity index (χ0) is 43.1. The molecule has 0 aliphatic heterocycles. The van der Waals surface area contributed by atoms with Gasteiger partial charge >= 0.3 is 5.97 Å². The number of hydrogen-bond acceptors (Lipinski definition) is 5. The molecule has 0 heterocycles. The summed E-state index contributed by atoms with van der Waals surface area (Å²) >= 11 is 0. The van der Waals surface area contributed by atoms with Crippen LogP contribution in [0.4, 0.5) is 0 Å². The van der Waals surface area contributed by atoms with Crippen LogP contribution in [-0.2, 0) is 14.3 Å². The zero-order valence-electron chi connectivity index (χ0n) is 38.6. The Morgan fingerprint density at radius 3 is 1.44 bits per heavy atom. The maximum Gasteiger partial charge on any atom is 0.306 e. The molecule has 3 N–H and O–H groups in total. The van der Waals surface area contributed by atoms with Gasteiger partial charge in [0.05, 0.1) is 25.2 Å². The maximum absolute atomic E-state index is 13.2. The molecule has 0 aromatic rings. The molecule has 0 spiro atoms. The van der Waals surface area contributed by atoms with Gasteiger partial charge in [0.2, 0.25) is 5.91 Å². The van der Waals surface area contributed by atoms with Crippen LogP contribution in [0, 0.1) is 0 Å². The first-order chi connectivity index (χ1) is 29.0. The van der Waals surface area contributed by atoms with E-state index in [-0.39, 0.29) is 24.9 Å². The molecule has 340 valence electrons. The molecule has 3 unspecified atom stereocenters. The Labute approximate surface area is 364 Å². The summed E-state index contributed by atoms with van der Waals surface area (Å²) in [4.78, 5) is 26.1. The lowest BCUT2D eigenvalue weighted by Gasteiger charge is -2.24. The van der Waals surface area contributed by atoms with Crippen LogP contribution in [0.1, 0.15) is 226 Å². The highest BCUT2D eigenvalue weighted by Crippen LogP contribution is 2.16. The molecule has 0 aromatic carbocycles. The number of esters is 1. The molecular weight excluding hydrogens is 731 g/mol. The number of allylic oxidation sites excluding steroid dienone is 12. The van der Waals surface area contributed by atoms with E-state index in [2.05, 4.69) is 99.0 Å². The second kappa shape index (κ2) is 46.4. The van der Waals surface area contributed by atoms with Crippen molar-refractivity contribution in [3.8, 4) is 0 Å². The molecule has 0 radical (unpaired) electrons. The molecule has 0 saturated carbocycles. The van der Waals surface area contributed by atoms with E-state index in [9.17, 15) is 19.8 Å². The minimum Gasteiger partial charge on any atom is -0.462 e. The number of rotatable bonds is 43. The highest BCUT2D eigenvalue weighted by molar-refractivity contribution is 5.77. The normalized spacial score (nSPS) is 13.9. The van der Waals surface area contributed by atoms with Crippen LogP contribution in [-0.4, -0.2) is 46.9 Å². The second-order valence-corrected chi connectivity index (χ2v) is 16.5. The molecular formula is C53H93NO5. The van der Waals surface area contributed by atoms with Gasteiger partial charge in [0.25, 0.3) is 0 Å². The highest BCUT2D eigenvalue weighted by Gasteiger charge is 2.24. The molecule has 1 amide bonds. The quantitative estimate of drug-likeness (QED) is 0.0323. The van der Waals surface area contributed by atoms with Gasteiger partial charge in [-0.05, 0) is 96.3 Å². The van der Waals surface area contributed by atoms with Crippen LogP contribution in [0.3, 0.4) is 0 Å². The van der Waals surface area contributed by atoms with Crippen LogP contribution in [0.25, 0.3) is 0 Å². The number of carbonyl (C=O) groups is 2. The minimum absolute atomic E-state index is 0.0397. The van der Waals surface area contributed by atoms with Gasteiger partial charge in [0.1, 0.15) is 6.10 Å². The smallest absolute Gasteiger partial charge is 0.306 e. The molecule has 0 saturated heterocycles. The molecule has 3 atom stereocenters. The third-order valence-electron chi connectivity index (χ3n) is 10.8. The van der Waals surface area contributed by atoms with Crippen molar-refractivity contribution >= 4 is 11.9 Å². The van der Waals surface area contributed by atoms with Crippen molar-refractivity contribution < 1.29 is 24.5 Å². The fourth-order valence-electron chi connectivity index (χ4n) is 7.04. The number of carbonyl (C=O) groups excluding carboxylic acids is 2. The minimum atomic E-state index is -0.803. The van der Waals surface area contributed by atoms with Crippen LogP contribution in [0.5, 0.6) is 0 Å². The van der Waals surface area contributed by atoms with E-state index in [4.69, 9.17) is 4.74 Å². The van der Waals surface area contributed by atoms with Crippen molar-refractivity contribution in [2.24, 2.45) is 0 Å². The predicted octanol–water partition coefficient (Wildman–Crippen LogP) is 14.6. The summed E-state index contributed by atoms with van der Waals surface area (Å²) in [6.45, 7) is 6.31. The predicted molar refractivity (Wildman–Crippen MR) is 255 cm³/mol. The Kier molecular flexibility index (Phi) is 44.2. The van der Waals surface area contributed by atoms with E-state index in [0.29, 0.717) is 19.3 Å². The second-order valence-electron chi connectivity index (χ2n) is 16.5. The Hall–Kier alpha value is -2.70. The number of nitrogens with one attached hydrogen (secondary N) is 1. The topological polar surface area (TPSA) is 95.9 Å². The van der Waals surface area contributed by atoms with Gasteiger partial charge in [-0.3, -0.25) is 9.59 Å². The van der Waals surface area contributed by atoms with Crippen molar-refractivity contribution in [2.45, 2.75) is 244 Å². The van der Waals surface area contributed by atoms with Crippen molar-refractivity contribution in [3.05, 3.63) is 72.9 Å². The third kappa shape index (κ3) is 41.8. The van der Waals surface area contributed by atoms with E-state index in [1.54, 1.807) is 0 Å². The summed E-state index contributed by atoms with van der Waals surface area (Å²) in [5.74, 6) is -0.541. The van der Waals surface area contributed by atoms with E-state index in [1.165, 1.54) is 77.0 Å². The molecule has 6 heteroatoms. The SMILES string of the molecule is CC/C=C/C/C=C/C/C=C/CCCCCCC(=O)OC(CCCC/C=C\C/C=C\C/C=C\CCCCC)CC(=O)NC(CO)C(O)CCCCCCCCCCCCC. The summed E-state index contributed by atoms with van der Waals surface area (Å²) < 4.78 is 5.89. The largest absolute Gasteiger partial charge is 0.462 e. The molecule has 0 bridgehead atoms. The molecule has 0 rings (SSSR count). The van der Waals surface area contributed by atoms with E-state index in [1.807, 2.05) is 0 Å². The standard InChI is InChI=1S/C53H93NO5/c1-4-7-10-13-16-19-22-24-26-27-30-32-35-38-41-44-49(59-53(58)46-43-40-37-34-31-28-25-23-20-17-14-11-8-5-2)47-52(57)54-50(48-55)51(56)45-42-39-36-33-29-21-18-15-12-9-6-3/h8,11,16-17,19-20,24-26,28,30,32,49-51,55-56H,4-7,9-10,12-15,18,21-23,27,29,31,33-48H2,1-3H3,(H,54,57)/b11-8+,19-16-,20-17+,26-24-,28-25+,32-30-. The van der Waals surface area contributed by atoms with E-state index in [0.717, 1.165) is 103 Å². The maximum atomic E-state index is 13.2. The van der Waals surface area contributed by atoms with Gasteiger partial charge in [-0.2, -0.15) is 0 Å². The number of ether oxygens (including phenoxy) is 1. The number of unbranched alkanes of at least 4 members (excludes halogenated alkanes) is 19. The van der Waals surface area contributed by atoms with Crippen LogP contribution in [0.15, 0.2) is 72.9 Å². The van der Waals surface area contributed by atoms with E-state index >= 15 is 0 Å². The third-order valence-corrected chi connectivity index (χ3v) is 10.8. The van der Waals surface area contributed by atoms with E-state index < -0.39 is 18.2 Å². The van der Waals surface area contributed by atoms with Crippen molar-refractivity contribution in [1.82, 2.24) is 5.32 Å². The fraction of sp³-hybridized carbons (Fsp3) is 0.736.